The van der Waals surface area contributed by atoms with E-state index in [-0.39, 0.29) is 6.04 Å². The van der Waals surface area contributed by atoms with Gasteiger partial charge in [0.05, 0.1) is 17.9 Å². The SMILES string of the molecule is CNc1nc(N(C)C(C)CC#N)c2ccsc2n1. The summed E-state index contributed by atoms with van der Waals surface area (Å²) < 4.78 is 0. The maximum atomic E-state index is 8.79. The third-order valence-corrected chi connectivity index (χ3v) is 3.72. The van der Waals surface area contributed by atoms with Gasteiger partial charge in [-0.1, -0.05) is 0 Å². The van der Waals surface area contributed by atoms with Crippen molar-refractivity contribution in [3.05, 3.63) is 11.4 Å². The van der Waals surface area contributed by atoms with Gasteiger partial charge in [-0.3, -0.25) is 0 Å². The number of hydrogen-bond donors (Lipinski definition) is 1. The van der Waals surface area contributed by atoms with E-state index in [0.717, 1.165) is 16.0 Å². The van der Waals surface area contributed by atoms with Crippen LogP contribution in [-0.4, -0.2) is 30.1 Å². The van der Waals surface area contributed by atoms with Crippen molar-refractivity contribution < 1.29 is 0 Å². The lowest BCUT2D eigenvalue weighted by atomic mass is 10.2. The zero-order chi connectivity index (χ0) is 13.1. The maximum absolute atomic E-state index is 8.79. The van der Waals surface area contributed by atoms with Crippen molar-refractivity contribution in [1.82, 2.24) is 9.97 Å². The molecule has 0 aliphatic rings. The largest absolute Gasteiger partial charge is 0.357 e. The molecule has 18 heavy (non-hydrogen) atoms. The van der Waals surface area contributed by atoms with Gasteiger partial charge in [0.15, 0.2) is 0 Å². The number of nitrogens with one attached hydrogen (secondary N) is 1. The van der Waals surface area contributed by atoms with Crippen molar-refractivity contribution in [2.45, 2.75) is 19.4 Å². The highest BCUT2D eigenvalue weighted by molar-refractivity contribution is 7.16. The van der Waals surface area contributed by atoms with Crippen LogP contribution in [0.15, 0.2) is 11.4 Å². The first-order valence-corrected chi connectivity index (χ1v) is 6.58. The Kier molecular flexibility index (Phi) is 3.63. The van der Waals surface area contributed by atoms with Crippen molar-refractivity contribution in [1.29, 1.82) is 5.26 Å². The summed E-state index contributed by atoms with van der Waals surface area (Å²) in [5.41, 5.74) is 0. The number of aromatic nitrogens is 2. The molecule has 0 radical (unpaired) electrons. The fourth-order valence-electron chi connectivity index (χ4n) is 1.70. The molecule has 94 valence electrons. The van der Waals surface area contributed by atoms with E-state index in [2.05, 4.69) is 21.4 Å². The van der Waals surface area contributed by atoms with E-state index in [1.54, 1.807) is 18.4 Å². The second-order valence-electron chi connectivity index (χ2n) is 4.08. The number of nitriles is 1. The second kappa shape index (κ2) is 5.19. The molecule has 5 nitrogen and oxygen atoms in total. The molecule has 0 bridgehead atoms. The third kappa shape index (κ3) is 2.22. The van der Waals surface area contributed by atoms with Crippen molar-refractivity contribution in [3.63, 3.8) is 0 Å². The van der Waals surface area contributed by atoms with Crippen molar-refractivity contribution in [3.8, 4) is 6.07 Å². The lowest BCUT2D eigenvalue weighted by Crippen LogP contribution is -2.29. The number of thiophene rings is 1. The predicted molar refractivity (Wildman–Crippen MR) is 75.1 cm³/mol. The van der Waals surface area contributed by atoms with E-state index < -0.39 is 0 Å². The molecule has 1 atom stereocenters. The number of nitrogens with zero attached hydrogens (tertiary/aromatic N) is 4. The summed E-state index contributed by atoms with van der Waals surface area (Å²) in [4.78, 5) is 11.9. The molecular formula is C12H15N5S. The summed E-state index contributed by atoms with van der Waals surface area (Å²) >= 11 is 1.59. The fourth-order valence-corrected chi connectivity index (χ4v) is 2.46. The molecule has 1 unspecified atom stereocenters. The van der Waals surface area contributed by atoms with Crippen LogP contribution >= 0.6 is 11.3 Å². The fraction of sp³-hybridized carbons (Fsp3) is 0.417. The van der Waals surface area contributed by atoms with Gasteiger partial charge >= 0.3 is 0 Å². The first kappa shape index (κ1) is 12.6. The molecule has 0 fully saturated rings. The van der Waals surface area contributed by atoms with Gasteiger partial charge in [-0.05, 0) is 18.4 Å². The molecular weight excluding hydrogens is 246 g/mol. The van der Waals surface area contributed by atoms with E-state index in [9.17, 15) is 0 Å². The van der Waals surface area contributed by atoms with Crippen molar-refractivity contribution in [2.75, 3.05) is 24.3 Å². The van der Waals surface area contributed by atoms with Crippen LogP contribution in [-0.2, 0) is 0 Å². The predicted octanol–water partition coefficient (Wildman–Crippen LogP) is 2.47. The number of fused-ring (bicyclic) bond motifs is 1. The highest BCUT2D eigenvalue weighted by Gasteiger charge is 2.16. The second-order valence-corrected chi connectivity index (χ2v) is 4.98. The number of hydrogen-bond acceptors (Lipinski definition) is 6. The first-order chi connectivity index (χ1) is 8.67. The van der Waals surface area contributed by atoms with Crippen LogP contribution in [0.25, 0.3) is 10.2 Å². The van der Waals surface area contributed by atoms with E-state index in [4.69, 9.17) is 5.26 Å². The van der Waals surface area contributed by atoms with E-state index in [1.807, 2.05) is 30.3 Å². The Hall–Kier alpha value is -1.87. The van der Waals surface area contributed by atoms with Gasteiger partial charge in [-0.2, -0.15) is 10.2 Å². The molecule has 1 N–H and O–H groups in total. The van der Waals surface area contributed by atoms with Crippen molar-refractivity contribution in [2.24, 2.45) is 0 Å². The topological polar surface area (TPSA) is 64.8 Å². The highest BCUT2D eigenvalue weighted by atomic mass is 32.1. The molecule has 2 heterocycles. The minimum Gasteiger partial charge on any atom is -0.357 e. The van der Waals surface area contributed by atoms with Crippen LogP contribution in [0.3, 0.4) is 0 Å². The number of rotatable bonds is 4. The van der Waals surface area contributed by atoms with Gasteiger partial charge in [0, 0.05) is 20.1 Å². The molecule has 2 rings (SSSR count). The van der Waals surface area contributed by atoms with Gasteiger partial charge in [0.1, 0.15) is 10.6 Å². The zero-order valence-corrected chi connectivity index (χ0v) is 11.5. The van der Waals surface area contributed by atoms with Gasteiger partial charge in [-0.25, -0.2) is 4.98 Å². The van der Waals surface area contributed by atoms with Gasteiger partial charge in [0.25, 0.3) is 0 Å². The molecule has 0 aliphatic heterocycles. The van der Waals surface area contributed by atoms with Crippen LogP contribution in [0, 0.1) is 11.3 Å². The van der Waals surface area contributed by atoms with Gasteiger partial charge in [-0.15, -0.1) is 11.3 Å². The van der Waals surface area contributed by atoms with Crippen LogP contribution in [0.4, 0.5) is 11.8 Å². The zero-order valence-electron chi connectivity index (χ0n) is 10.6. The molecule has 0 aliphatic carbocycles. The lowest BCUT2D eigenvalue weighted by Gasteiger charge is -2.24. The average molecular weight is 261 g/mol. The van der Waals surface area contributed by atoms with Crippen molar-refractivity contribution >= 4 is 33.3 Å². The minimum absolute atomic E-state index is 0.123. The summed E-state index contributed by atoms with van der Waals surface area (Å²) in [6.45, 7) is 2.02. The molecule has 6 heteroatoms. The van der Waals surface area contributed by atoms with Crippen LogP contribution < -0.4 is 10.2 Å². The summed E-state index contributed by atoms with van der Waals surface area (Å²) in [5, 5.41) is 14.8. The highest BCUT2D eigenvalue weighted by Crippen LogP contribution is 2.29. The summed E-state index contributed by atoms with van der Waals surface area (Å²) in [7, 11) is 3.76. The van der Waals surface area contributed by atoms with Gasteiger partial charge in [0.2, 0.25) is 5.95 Å². The standard InChI is InChI=1S/C12H15N5S/c1-8(4-6-13)17(3)10-9-5-7-18-11(9)16-12(14-2)15-10/h5,7-8H,4H2,1-3H3,(H,14,15,16). The Labute approximate surface area is 110 Å². The molecule has 2 aromatic heterocycles. The lowest BCUT2D eigenvalue weighted by molar-refractivity contribution is 0.696. The van der Waals surface area contributed by atoms with E-state index in [1.165, 1.54) is 0 Å². The summed E-state index contributed by atoms with van der Waals surface area (Å²) in [6, 6.07) is 4.33. The Morgan fingerprint density at radius 1 is 1.56 bits per heavy atom. The first-order valence-electron chi connectivity index (χ1n) is 5.70. The van der Waals surface area contributed by atoms with E-state index in [0.29, 0.717) is 12.4 Å². The normalized spacial score (nSPS) is 12.1. The summed E-state index contributed by atoms with van der Waals surface area (Å²) in [6.07, 6.45) is 0.473. The minimum atomic E-state index is 0.123. The van der Waals surface area contributed by atoms with Crippen LogP contribution in [0.1, 0.15) is 13.3 Å². The number of anilines is 2. The van der Waals surface area contributed by atoms with Crippen LogP contribution in [0.5, 0.6) is 0 Å². The average Bonchev–Trinajstić information content (AvgIpc) is 2.84. The molecule has 0 aromatic carbocycles. The Bertz CT molecular complexity index is 586. The Morgan fingerprint density at radius 3 is 3.00 bits per heavy atom. The monoisotopic (exact) mass is 261 g/mol. The van der Waals surface area contributed by atoms with Crippen LogP contribution in [0.2, 0.25) is 0 Å². The Morgan fingerprint density at radius 2 is 2.33 bits per heavy atom. The smallest absolute Gasteiger partial charge is 0.225 e. The molecule has 0 saturated carbocycles. The quantitative estimate of drug-likeness (QED) is 0.916. The van der Waals surface area contributed by atoms with Gasteiger partial charge < -0.3 is 10.2 Å². The summed E-state index contributed by atoms with van der Waals surface area (Å²) in [5.74, 6) is 1.48. The molecule has 2 aromatic rings. The molecule has 0 amide bonds. The molecule has 0 saturated heterocycles. The third-order valence-electron chi connectivity index (χ3n) is 2.91. The molecule has 0 spiro atoms. The Balaban J connectivity index is 2.48. The van der Waals surface area contributed by atoms with E-state index >= 15 is 0 Å². The maximum Gasteiger partial charge on any atom is 0.225 e.